The largest absolute Gasteiger partial charge is 0.328 e. The van der Waals surface area contributed by atoms with E-state index in [9.17, 15) is 0 Å². The van der Waals surface area contributed by atoms with Crippen LogP contribution in [0.4, 0.5) is 0 Å². The standard InChI is InChI=1S/C8H17NS/c1-7(9)5-8-3-2-4-10-6-8/h7-8H,2-6,9H2,1H3/t7-,8?/m0/s1. The van der Waals surface area contributed by atoms with Crippen LogP contribution in [0.3, 0.4) is 0 Å². The smallest absolute Gasteiger partial charge is 0.00134 e. The minimum Gasteiger partial charge on any atom is -0.328 e. The minimum atomic E-state index is 0.406. The van der Waals surface area contributed by atoms with Gasteiger partial charge in [0.05, 0.1) is 0 Å². The highest BCUT2D eigenvalue weighted by molar-refractivity contribution is 7.99. The maximum atomic E-state index is 5.71. The van der Waals surface area contributed by atoms with E-state index in [0.717, 1.165) is 5.92 Å². The zero-order chi connectivity index (χ0) is 7.40. The molecule has 0 radical (unpaired) electrons. The Morgan fingerprint density at radius 3 is 3.00 bits per heavy atom. The molecule has 0 aromatic heterocycles. The van der Waals surface area contributed by atoms with Crippen LogP contribution in [0, 0.1) is 5.92 Å². The molecule has 0 bridgehead atoms. The van der Waals surface area contributed by atoms with Crippen LogP contribution >= 0.6 is 11.8 Å². The normalized spacial score (nSPS) is 30.0. The number of thioether (sulfide) groups is 1. The van der Waals surface area contributed by atoms with E-state index in [-0.39, 0.29) is 0 Å². The van der Waals surface area contributed by atoms with Gasteiger partial charge in [-0.15, -0.1) is 0 Å². The van der Waals surface area contributed by atoms with E-state index in [4.69, 9.17) is 5.73 Å². The van der Waals surface area contributed by atoms with Crippen LogP contribution in [-0.2, 0) is 0 Å². The molecule has 1 fully saturated rings. The van der Waals surface area contributed by atoms with Gasteiger partial charge >= 0.3 is 0 Å². The summed E-state index contributed by atoms with van der Waals surface area (Å²) in [4.78, 5) is 0. The second kappa shape index (κ2) is 4.24. The highest BCUT2D eigenvalue weighted by atomic mass is 32.2. The minimum absolute atomic E-state index is 0.406. The fourth-order valence-electron chi connectivity index (χ4n) is 1.52. The van der Waals surface area contributed by atoms with Gasteiger partial charge in [0.25, 0.3) is 0 Å². The average Bonchev–Trinajstić information content (AvgIpc) is 1.88. The SMILES string of the molecule is C[C@H](N)CC1CCCSC1. The Kier molecular flexibility index (Phi) is 3.57. The van der Waals surface area contributed by atoms with Gasteiger partial charge in [-0.2, -0.15) is 11.8 Å². The summed E-state index contributed by atoms with van der Waals surface area (Å²) >= 11 is 2.09. The van der Waals surface area contributed by atoms with E-state index in [1.807, 2.05) is 0 Å². The third-order valence-corrected chi connectivity index (χ3v) is 3.24. The van der Waals surface area contributed by atoms with Crippen LogP contribution in [0.1, 0.15) is 26.2 Å². The van der Waals surface area contributed by atoms with E-state index in [1.165, 1.54) is 30.8 Å². The summed E-state index contributed by atoms with van der Waals surface area (Å²) in [6.45, 7) is 2.11. The van der Waals surface area contributed by atoms with Crippen molar-refractivity contribution in [2.75, 3.05) is 11.5 Å². The molecule has 0 aromatic rings. The van der Waals surface area contributed by atoms with Gasteiger partial charge in [0, 0.05) is 6.04 Å². The van der Waals surface area contributed by atoms with Gasteiger partial charge in [-0.3, -0.25) is 0 Å². The van der Waals surface area contributed by atoms with Gasteiger partial charge in [-0.1, -0.05) is 0 Å². The lowest BCUT2D eigenvalue weighted by Crippen LogP contribution is -2.22. The predicted molar refractivity (Wildman–Crippen MR) is 48.3 cm³/mol. The van der Waals surface area contributed by atoms with Crippen molar-refractivity contribution < 1.29 is 0 Å². The first-order chi connectivity index (χ1) is 4.79. The van der Waals surface area contributed by atoms with Gasteiger partial charge in [-0.05, 0) is 43.6 Å². The summed E-state index contributed by atoms with van der Waals surface area (Å²) in [7, 11) is 0. The molecular weight excluding hydrogens is 142 g/mol. The summed E-state index contributed by atoms with van der Waals surface area (Å²) < 4.78 is 0. The topological polar surface area (TPSA) is 26.0 Å². The Hall–Kier alpha value is 0.310. The van der Waals surface area contributed by atoms with E-state index >= 15 is 0 Å². The van der Waals surface area contributed by atoms with Crippen LogP contribution in [-0.4, -0.2) is 17.5 Å². The van der Waals surface area contributed by atoms with Crippen molar-refractivity contribution >= 4 is 11.8 Å². The van der Waals surface area contributed by atoms with E-state index in [2.05, 4.69) is 18.7 Å². The number of rotatable bonds is 2. The number of hydrogen-bond acceptors (Lipinski definition) is 2. The lowest BCUT2D eigenvalue weighted by Gasteiger charge is -2.22. The molecule has 60 valence electrons. The monoisotopic (exact) mass is 159 g/mol. The van der Waals surface area contributed by atoms with Gasteiger partial charge in [0.15, 0.2) is 0 Å². The number of nitrogens with two attached hydrogens (primary N) is 1. The fraction of sp³-hybridized carbons (Fsp3) is 1.00. The van der Waals surface area contributed by atoms with Crippen LogP contribution in [0.2, 0.25) is 0 Å². The average molecular weight is 159 g/mol. The van der Waals surface area contributed by atoms with Crippen molar-refractivity contribution in [3.63, 3.8) is 0 Å². The molecule has 2 N–H and O–H groups in total. The maximum Gasteiger partial charge on any atom is 0.00134 e. The molecule has 0 spiro atoms. The Bertz CT molecular complexity index is 87.3. The van der Waals surface area contributed by atoms with Crippen LogP contribution < -0.4 is 5.73 Å². The zero-order valence-electron chi connectivity index (χ0n) is 6.68. The molecule has 1 saturated heterocycles. The van der Waals surface area contributed by atoms with Crippen molar-refractivity contribution in [3.05, 3.63) is 0 Å². The third-order valence-electron chi connectivity index (χ3n) is 1.96. The molecule has 0 aromatic carbocycles. The number of hydrogen-bond donors (Lipinski definition) is 1. The van der Waals surface area contributed by atoms with Gasteiger partial charge in [0.2, 0.25) is 0 Å². The first-order valence-corrected chi connectivity index (χ1v) is 5.28. The summed E-state index contributed by atoms with van der Waals surface area (Å²) in [5, 5.41) is 0. The van der Waals surface area contributed by atoms with Gasteiger partial charge in [0.1, 0.15) is 0 Å². The summed E-state index contributed by atoms with van der Waals surface area (Å²) in [6, 6.07) is 0.406. The van der Waals surface area contributed by atoms with Crippen molar-refractivity contribution in [2.24, 2.45) is 11.7 Å². The Balaban J connectivity index is 2.13. The van der Waals surface area contributed by atoms with Crippen molar-refractivity contribution in [2.45, 2.75) is 32.2 Å². The second-order valence-electron chi connectivity index (χ2n) is 3.30. The Labute approximate surface area is 67.8 Å². The molecule has 1 rings (SSSR count). The first-order valence-electron chi connectivity index (χ1n) is 4.12. The highest BCUT2D eigenvalue weighted by Gasteiger charge is 2.14. The molecule has 1 aliphatic heterocycles. The van der Waals surface area contributed by atoms with E-state index < -0.39 is 0 Å². The molecule has 0 saturated carbocycles. The highest BCUT2D eigenvalue weighted by Crippen LogP contribution is 2.25. The van der Waals surface area contributed by atoms with Crippen LogP contribution in [0.25, 0.3) is 0 Å². The molecule has 1 unspecified atom stereocenters. The Morgan fingerprint density at radius 1 is 1.70 bits per heavy atom. The predicted octanol–water partition coefficient (Wildman–Crippen LogP) is 1.87. The molecule has 10 heavy (non-hydrogen) atoms. The van der Waals surface area contributed by atoms with Crippen molar-refractivity contribution in [1.29, 1.82) is 0 Å². The molecule has 1 aliphatic rings. The van der Waals surface area contributed by atoms with Crippen LogP contribution in [0.15, 0.2) is 0 Å². The summed E-state index contributed by atoms with van der Waals surface area (Å²) in [6.07, 6.45) is 4.05. The lowest BCUT2D eigenvalue weighted by atomic mass is 9.98. The molecule has 2 heteroatoms. The fourth-order valence-corrected chi connectivity index (χ4v) is 2.69. The van der Waals surface area contributed by atoms with Gasteiger partial charge < -0.3 is 5.73 Å². The molecular formula is C8H17NS. The molecule has 1 heterocycles. The molecule has 0 amide bonds. The third kappa shape index (κ3) is 2.93. The van der Waals surface area contributed by atoms with Crippen molar-refractivity contribution in [3.8, 4) is 0 Å². The molecule has 0 aliphatic carbocycles. The molecule has 2 atom stereocenters. The lowest BCUT2D eigenvalue weighted by molar-refractivity contribution is 0.447. The maximum absolute atomic E-state index is 5.71. The summed E-state index contributed by atoms with van der Waals surface area (Å²) in [5.74, 6) is 3.63. The van der Waals surface area contributed by atoms with E-state index in [1.54, 1.807) is 0 Å². The zero-order valence-corrected chi connectivity index (χ0v) is 7.49. The second-order valence-corrected chi connectivity index (χ2v) is 4.45. The van der Waals surface area contributed by atoms with Crippen molar-refractivity contribution in [1.82, 2.24) is 0 Å². The first kappa shape index (κ1) is 8.41. The quantitative estimate of drug-likeness (QED) is 0.665. The van der Waals surface area contributed by atoms with E-state index in [0.29, 0.717) is 6.04 Å². The summed E-state index contributed by atoms with van der Waals surface area (Å²) in [5.41, 5.74) is 5.71. The Morgan fingerprint density at radius 2 is 2.50 bits per heavy atom. The van der Waals surface area contributed by atoms with Gasteiger partial charge in [-0.25, -0.2) is 0 Å². The van der Waals surface area contributed by atoms with Crippen LogP contribution in [0.5, 0.6) is 0 Å². The molecule has 1 nitrogen and oxygen atoms in total.